The SMILES string of the molecule is O=C(Nc1cc(F)ccc1F)[C@H]1CCCN(S(=O)(=O)c2ccc3ccccc3c2)C1. The summed E-state index contributed by atoms with van der Waals surface area (Å²) in [5.74, 6) is -2.60. The number of nitrogens with one attached hydrogen (secondary N) is 1. The maximum atomic E-state index is 13.8. The van der Waals surface area contributed by atoms with E-state index < -0.39 is 33.5 Å². The fourth-order valence-electron chi connectivity index (χ4n) is 3.68. The number of rotatable bonds is 4. The zero-order valence-electron chi connectivity index (χ0n) is 16.0. The normalized spacial score (nSPS) is 17.7. The second kappa shape index (κ2) is 8.12. The summed E-state index contributed by atoms with van der Waals surface area (Å²) in [6.45, 7) is 0.283. The summed E-state index contributed by atoms with van der Waals surface area (Å²) in [7, 11) is -3.79. The third kappa shape index (κ3) is 4.06. The zero-order valence-corrected chi connectivity index (χ0v) is 16.8. The van der Waals surface area contributed by atoms with Crippen LogP contribution >= 0.6 is 0 Å². The summed E-state index contributed by atoms with van der Waals surface area (Å²) in [6, 6.07) is 15.2. The minimum Gasteiger partial charge on any atom is -0.323 e. The van der Waals surface area contributed by atoms with Crippen molar-refractivity contribution in [3.8, 4) is 0 Å². The molecular formula is C22H20F2N2O3S. The Labute approximate surface area is 173 Å². The molecule has 4 rings (SSSR count). The molecular weight excluding hydrogens is 410 g/mol. The third-order valence-corrected chi connectivity index (χ3v) is 7.16. The Kier molecular flexibility index (Phi) is 5.53. The van der Waals surface area contributed by atoms with Crippen molar-refractivity contribution in [2.24, 2.45) is 5.92 Å². The smallest absolute Gasteiger partial charge is 0.243 e. The van der Waals surface area contributed by atoms with Crippen molar-refractivity contribution in [1.82, 2.24) is 4.31 Å². The lowest BCUT2D eigenvalue weighted by Crippen LogP contribution is -2.43. The minimum atomic E-state index is -3.79. The Hall–Kier alpha value is -2.84. The predicted molar refractivity (Wildman–Crippen MR) is 110 cm³/mol. The highest BCUT2D eigenvalue weighted by Gasteiger charge is 2.33. The van der Waals surface area contributed by atoms with Crippen LogP contribution in [-0.2, 0) is 14.8 Å². The molecule has 1 atom stereocenters. The Balaban J connectivity index is 1.53. The summed E-state index contributed by atoms with van der Waals surface area (Å²) in [4.78, 5) is 12.8. The van der Waals surface area contributed by atoms with E-state index in [0.717, 1.165) is 29.0 Å². The van der Waals surface area contributed by atoms with E-state index in [1.807, 2.05) is 24.3 Å². The largest absolute Gasteiger partial charge is 0.323 e. The average Bonchev–Trinajstić information content (AvgIpc) is 2.76. The molecule has 0 radical (unpaired) electrons. The highest BCUT2D eigenvalue weighted by atomic mass is 32.2. The number of sulfonamides is 1. The molecule has 0 bridgehead atoms. The van der Waals surface area contributed by atoms with Crippen LogP contribution in [0.5, 0.6) is 0 Å². The number of halogens is 2. The first kappa shape index (κ1) is 20.4. The van der Waals surface area contributed by atoms with Crippen LogP contribution in [0.3, 0.4) is 0 Å². The van der Waals surface area contributed by atoms with Crippen molar-refractivity contribution in [3.05, 3.63) is 72.3 Å². The van der Waals surface area contributed by atoms with Gasteiger partial charge in [-0.2, -0.15) is 4.31 Å². The van der Waals surface area contributed by atoms with Crippen LogP contribution in [-0.4, -0.2) is 31.7 Å². The molecule has 0 unspecified atom stereocenters. The number of amides is 1. The highest BCUT2D eigenvalue weighted by Crippen LogP contribution is 2.27. The van der Waals surface area contributed by atoms with Gasteiger partial charge in [0.15, 0.2) is 0 Å². The number of piperidine rings is 1. The van der Waals surface area contributed by atoms with Gasteiger partial charge in [-0.25, -0.2) is 17.2 Å². The maximum Gasteiger partial charge on any atom is 0.243 e. The van der Waals surface area contributed by atoms with E-state index in [4.69, 9.17) is 0 Å². The lowest BCUT2D eigenvalue weighted by molar-refractivity contribution is -0.120. The Bertz CT molecular complexity index is 1210. The summed E-state index contributed by atoms with van der Waals surface area (Å²) in [5.41, 5.74) is -0.255. The number of nitrogens with zero attached hydrogens (tertiary/aromatic N) is 1. The Morgan fingerprint density at radius 1 is 1.00 bits per heavy atom. The average molecular weight is 430 g/mol. The highest BCUT2D eigenvalue weighted by molar-refractivity contribution is 7.89. The first-order chi connectivity index (χ1) is 14.3. The first-order valence-electron chi connectivity index (χ1n) is 9.59. The molecule has 1 aliphatic rings. The van der Waals surface area contributed by atoms with E-state index in [0.29, 0.717) is 19.4 Å². The van der Waals surface area contributed by atoms with Gasteiger partial charge in [-0.1, -0.05) is 30.3 Å². The van der Waals surface area contributed by atoms with Crippen LogP contribution in [0.15, 0.2) is 65.6 Å². The molecule has 1 amide bonds. The van der Waals surface area contributed by atoms with Crippen LogP contribution in [0.25, 0.3) is 10.8 Å². The van der Waals surface area contributed by atoms with Gasteiger partial charge in [-0.3, -0.25) is 4.79 Å². The van der Waals surface area contributed by atoms with Gasteiger partial charge in [0.25, 0.3) is 0 Å². The van der Waals surface area contributed by atoms with Crippen molar-refractivity contribution in [2.45, 2.75) is 17.7 Å². The topological polar surface area (TPSA) is 66.5 Å². The van der Waals surface area contributed by atoms with E-state index in [1.54, 1.807) is 18.2 Å². The number of anilines is 1. The summed E-state index contributed by atoms with van der Waals surface area (Å²) in [5, 5.41) is 4.13. The number of hydrogen-bond acceptors (Lipinski definition) is 3. The Morgan fingerprint density at radius 2 is 1.77 bits per heavy atom. The standard InChI is InChI=1S/C22H20F2N2O3S/c23-18-8-10-20(24)21(13-18)25-22(27)17-6-3-11-26(14-17)30(28,29)19-9-7-15-4-1-2-5-16(15)12-19/h1-2,4-5,7-10,12-13,17H,3,6,11,14H2,(H,25,27)/t17-/m0/s1. The van der Waals surface area contributed by atoms with Crippen molar-refractivity contribution < 1.29 is 22.0 Å². The first-order valence-corrected chi connectivity index (χ1v) is 11.0. The minimum absolute atomic E-state index is 0.0159. The molecule has 1 heterocycles. The molecule has 3 aromatic carbocycles. The van der Waals surface area contributed by atoms with Gasteiger partial charge in [-0.15, -0.1) is 0 Å². The Morgan fingerprint density at radius 3 is 2.57 bits per heavy atom. The van der Waals surface area contributed by atoms with Crippen molar-refractivity contribution >= 4 is 32.4 Å². The molecule has 0 saturated carbocycles. The van der Waals surface area contributed by atoms with Gasteiger partial charge < -0.3 is 5.32 Å². The summed E-state index contributed by atoms with van der Waals surface area (Å²) in [6.07, 6.45) is 0.961. The van der Waals surface area contributed by atoms with E-state index in [-0.39, 0.29) is 17.1 Å². The quantitative estimate of drug-likeness (QED) is 0.676. The van der Waals surface area contributed by atoms with Gasteiger partial charge >= 0.3 is 0 Å². The van der Waals surface area contributed by atoms with Crippen molar-refractivity contribution in [1.29, 1.82) is 0 Å². The van der Waals surface area contributed by atoms with E-state index in [9.17, 15) is 22.0 Å². The fraction of sp³-hybridized carbons (Fsp3) is 0.227. The predicted octanol–water partition coefficient (Wildman–Crippen LogP) is 4.16. The molecule has 8 heteroatoms. The molecule has 1 N–H and O–H groups in total. The fourth-order valence-corrected chi connectivity index (χ4v) is 5.24. The number of benzene rings is 3. The second-order valence-corrected chi connectivity index (χ2v) is 9.26. The van der Waals surface area contributed by atoms with E-state index in [2.05, 4.69) is 5.32 Å². The van der Waals surface area contributed by atoms with Gasteiger partial charge in [0.05, 0.1) is 16.5 Å². The second-order valence-electron chi connectivity index (χ2n) is 7.32. The molecule has 5 nitrogen and oxygen atoms in total. The van der Waals surface area contributed by atoms with Gasteiger partial charge in [0, 0.05) is 19.2 Å². The number of fused-ring (bicyclic) bond motifs is 1. The molecule has 30 heavy (non-hydrogen) atoms. The molecule has 156 valence electrons. The monoisotopic (exact) mass is 430 g/mol. The maximum absolute atomic E-state index is 13.8. The van der Waals surface area contributed by atoms with Crippen LogP contribution in [0.1, 0.15) is 12.8 Å². The molecule has 1 saturated heterocycles. The lowest BCUT2D eigenvalue weighted by Gasteiger charge is -2.31. The number of hydrogen-bond donors (Lipinski definition) is 1. The third-order valence-electron chi connectivity index (χ3n) is 5.30. The summed E-state index contributed by atoms with van der Waals surface area (Å²) >= 11 is 0. The van der Waals surface area contributed by atoms with Crippen molar-refractivity contribution in [2.75, 3.05) is 18.4 Å². The van der Waals surface area contributed by atoms with Crippen molar-refractivity contribution in [3.63, 3.8) is 0 Å². The van der Waals surface area contributed by atoms with Gasteiger partial charge in [0.2, 0.25) is 15.9 Å². The zero-order chi connectivity index (χ0) is 21.3. The van der Waals surface area contributed by atoms with Crippen LogP contribution in [0, 0.1) is 17.6 Å². The van der Waals surface area contributed by atoms with Gasteiger partial charge in [0.1, 0.15) is 11.6 Å². The number of carbonyl (C=O) groups excluding carboxylic acids is 1. The van der Waals surface area contributed by atoms with Crippen LogP contribution < -0.4 is 5.32 Å². The molecule has 1 fully saturated rings. The van der Waals surface area contributed by atoms with E-state index >= 15 is 0 Å². The molecule has 3 aromatic rings. The molecule has 0 aliphatic carbocycles. The lowest BCUT2D eigenvalue weighted by atomic mass is 9.98. The summed E-state index contributed by atoms with van der Waals surface area (Å²) < 4.78 is 54.7. The van der Waals surface area contributed by atoms with E-state index in [1.165, 1.54) is 4.31 Å². The molecule has 0 spiro atoms. The number of carbonyl (C=O) groups is 1. The van der Waals surface area contributed by atoms with Crippen LogP contribution in [0.2, 0.25) is 0 Å². The molecule has 0 aromatic heterocycles. The van der Waals surface area contributed by atoms with Gasteiger partial charge in [-0.05, 0) is 47.9 Å². The van der Waals surface area contributed by atoms with Crippen LogP contribution in [0.4, 0.5) is 14.5 Å². The molecule has 1 aliphatic heterocycles.